The Morgan fingerprint density at radius 3 is 2.32 bits per heavy atom. The highest BCUT2D eigenvalue weighted by Crippen LogP contribution is 2.20. The maximum absolute atomic E-state index is 12.1. The van der Waals surface area contributed by atoms with Gasteiger partial charge < -0.3 is 10.5 Å². The van der Waals surface area contributed by atoms with Gasteiger partial charge >= 0.3 is 5.97 Å². The van der Waals surface area contributed by atoms with E-state index in [0.717, 1.165) is 0 Å². The largest absolute Gasteiger partial charge is 0.423 e. The first-order valence-corrected chi connectivity index (χ1v) is 5.76. The monoisotopic (exact) mass is 255 g/mol. The number of para-hydroxylation sites is 1. The Morgan fingerprint density at radius 1 is 1.00 bits per heavy atom. The predicted molar refractivity (Wildman–Crippen MR) is 72.3 cm³/mol. The standard InChI is InChI=1S/C15H13NO3/c1-10(17)12-8-5-9-13(16)14(12)15(18)19-11-6-3-2-4-7-11/h2-9H,16H2,1H3. The molecule has 4 nitrogen and oxygen atoms in total. The van der Waals surface area contributed by atoms with E-state index in [4.69, 9.17) is 10.5 Å². The third kappa shape index (κ3) is 2.80. The number of hydrogen-bond donors (Lipinski definition) is 1. The maximum atomic E-state index is 12.1. The number of nitrogens with two attached hydrogens (primary N) is 1. The zero-order valence-electron chi connectivity index (χ0n) is 10.4. The molecule has 0 amide bonds. The second kappa shape index (κ2) is 5.35. The number of nitrogen functional groups attached to an aromatic ring is 1. The molecular weight excluding hydrogens is 242 g/mol. The van der Waals surface area contributed by atoms with Crippen LogP contribution in [-0.4, -0.2) is 11.8 Å². The van der Waals surface area contributed by atoms with Crippen LogP contribution in [0.1, 0.15) is 27.6 Å². The Bertz CT molecular complexity index is 621. The maximum Gasteiger partial charge on any atom is 0.346 e. The van der Waals surface area contributed by atoms with Crippen molar-refractivity contribution in [1.82, 2.24) is 0 Å². The Morgan fingerprint density at radius 2 is 1.68 bits per heavy atom. The molecule has 2 aromatic rings. The van der Waals surface area contributed by atoms with Crippen molar-refractivity contribution in [3.8, 4) is 5.75 Å². The fourth-order valence-corrected chi connectivity index (χ4v) is 1.74. The van der Waals surface area contributed by atoms with Crippen LogP contribution in [0.4, 0.5) is 5.69 Å². The summed E-state index contributed by atoms with van der Waals surface area (Å²) in [7, 11) is 0. The summed E-state index contributed by atoms with van der Waals surface area (Å²) in [6, 6.07) is 13.4. The number of carbonyl (C=O) groups is 2. The smallest absolute Gasteiger partial charge is 0.346 e. The number of anilines is 1. The molecule has 96 valence electrons. The first kappa shape index (κ1) is 12.8. The first-order chi connectivity index (χ1) is 9.09. The summed E-state index contributed by atoms with van der Waals surface area (Å²) in [4.78, 5) is 23.6. The average molecular weight is 255 g/mol. The van der Waals surface area contributed by atoms with Gasteiger partial charge in [-0.3, -0.25) is 4.79 Å². The lowest BCUT2D eigenvalue weighted by Gasteiger charge is -2.09. The van der Waals surface area contributed by atoms with Crippen molar-refractivity contribution in [2.45, 2.75) is 6.92 Å². The highest BCUT2D eigenvalue weighted by molar-refractivity contribution is 6.09. The van der Waals surface area contributed by atoms with Gasteiger partial charge in [0.1, 0.15) is 5.75 Å². The lowest BCUT2D eigenvalue weighted by atomic mass is 10.0. The summed E-state index contributed by atoms with van der Waals surface area (Å²) in [5, 5.41) is 0. The van der Waals surface area contributed by atoms with Gasteiger partial charge in [0.15, 0.2) is 5.78 Å². The summed E-state index contributed by atoms with van der Waals surface area (Å²) >= 11 is 0. The van der Waals surface area contributed by atoms with Gasteiger partial charge in [0.25, 0.3) is 0 Å². The SMILES string of the molecule is CC(=O)c1cccc(N)c1C(=O)Oc1ccccc1. The van der Waals surface area contributed by atoms with Crippen LogP contribution in [0.15, 0.2) is 48.5 Å². The minimum absolute atomic E-state index is 0.110. The quantitative estimate of drug-likeness (QED) is 0.396. The van der Waals surface area contributed by atoms with Gasteiger partial charge in [-0.05, 0) is 25.1 Å². The molecule has 0 aliphatic rings. The number of carbonyl (C=O) groups excluding carboxylic acids is 2. The molecule has 0 saturated carbocycles. The second-order valence-corrected chi connectivity index (χ2v) is 4.03. The molecule has 2 rings (SSSR count). The van der Waals surface area contributed by atoms with Crippen molar-refractivity contribution in [3.05, 3.63) is 59.7 Å². The predicted octanol–water partition coefficient (Wildman–Crippen LogP) is 2.69. The molecule has 0 saturated heterocycles. The second-order valence-electron chi connectivity index (χ2n) is 4.03. The normalized spacial score (nSPS) is 9.95. The Balaban J connectivity index is 2.36. The van der Waals surface area contributed by atoms with E-state index in [9.17, 15) is 9.59 Å². The number of rotatable bonds is 3. The zero-order chi connectivity index (χ0) is 13.8. The van der Waals surface area contributed by atoms with Gasteiger partial charge in [-0.15, -0.1) is 0 Å². The summed E-state index contributed by atoms with van der Waals surface area (Å²) in [5.74, 6) is -0.452. The van der Waals surface area contributed by atoms with E-state index in [1.54, 1.807) is 42.5 Å². The van der Waals surface area contributed by atoms with Crippen LogP contribution in [0.5, 0.6) is 5.75 Å². The van der Waals surface area contributed by atoms with Crippen LogP contribution >= 0.6 is 0 Å². The summed E-state index contributed by atoms with van der Waals surface area (Å²) in [5.41, 5.74) is 6.37. The molecule has 2 N–H and O–H groups in total. The van der Waals surface area contributed by atoms with E-state index in [-0.39, 0.29) is 22.6 Å². The molecule has 0 heterocycles. The minimum Gasteiger partial charge on any atom is -0.423 e. The summed E-state index contributed by atoms with van der Waals surface area (Å²) < 4.78 is 5.20. The molecule has 0 atom stereocenters. The number of benzene rings is 2. The van der Waals surface area contributed by atoms with Gasteiger partial charge in [-0.2, -0.15) is 0 Å². The molecule has 2 aromatic carbocycles. The van der Waals surface area contributed by atoms with Gasteiger partial charge in [0.2, 0.25) is 0 Å². The number of ether oxygens (including phenoxy) is 1. The highest BCUT2D eigenvalue weighted by atomic mass is 16.5. The lowest BCUT2D eigenvalue weighted by molar-refractivity contribution is 0.0731. The van der Waals surface area contributed by atoms with Crippen LogP contribution in [0.2, 0.25) is 0 Å². The number of Topliss-reactive ketones (excluding diaryl/α,β-unsaturated/α-hetero) is 1. The van der Waals surface area contributed by atoms with Crippen molar-refractivity contribution >= 4 is 17.4 Å². The first-order valence-electron chi connectivity index (χ1n) is 5.76. The molecule has 0 aromatic heterocycles. The van der Waals surface area contributed by atoms with E-state index in [0.29, 0.717) is 5.75 Å². The van der Waals surface area contributed by atoms with Crippen LogP contribution in [0.3, 0.4) is 0 Å². The Labute approximate surface area is 110 Å². The van der Waals surface area contributed by atoms with E-state index >= 15 is 0 Å². The molecule has 0 fully saturated rings. The van der Waals surface area contributed by atoms with E-state index < -0.39 is 5.97 Å². The lowest BCUT2D eigenvalue weighted by Crippen LogP contribution is -2.15. The van der Waals surface area contributed by atoms with E-state index in [1.807, 2.05) is 6.07 Å². The van der Waals surface area contributed by atoms with Crippen molar-refractivity contribution < 1.29 is 14.3 Å². The van der Waals surface area contributed by atoms with E-state index in [1.165, 1.54) is 6.92 Å². The van der Waals surface area contributed by atoms with Crippen LogP contribution in [-0.2, 0) is 0 Å². The third-order valence-corrected chi connectivity index (χ3v) is 2.63. The molecule has 0 aliphatic carbocycles. The zero-order valence-corrected chi connectivity index (χ0v) is 10.4. The Hall–Kier alpha value is -2.62. The molecule has 0 aliphatic heterocycles. The van der Waals surface area contributed by atoms with Crippen molar-refractivity contribution in [3.63, 3.8) is 0 Å². The van der Waals surface area contributed by atoms with Crippen LogP contribution < -0.4 is 10.5 Å². The fourth-order valence-electron chi connectivity index (χ4n) is 1.74. The molecule has 0 bridgehead atoms. The summed E-state index contributed by atoms with van der Waals surface area (Å²) in [6.45, 7) is 1.38. The topological polar surface area (TPSA) is 69.4 Å². The molecule has 19 heavy (non-hydrogen) atoms. The van der Waals surface area contributed by atoms with Crippen molar-refractivity contribution in [1.29, 1.82) is 0 Å². The van der Waals surface area contributed by atoms with Gasteiger partial charge in [-0.1, -0.05) is 30.3 Å². The van der Waals surface area contributed by atoms with Gasteiger partial charge in [0, 0.05) is 11.3 Å². The van der Waals surface area contributed by atoms with Gasteiger partial charge in [-0.25, -0.2) is 4.79 Å². The summed E-state index contributed by atoms with van der Waals surface area (Å²) in [6.07, 6.45) is 0. The van der Waals surface area contributed by atoms with E-state index in [2.05, 4.69) is 0 Å². The molecule has 0 unspecified atom stereocenters. The Kier molecular flexibility index (Phi) is 3.61. The minimum atomic E-state index is -0.630. The van der Waals surface area contributed by atoms with Crippen LogP contribution in [0.25, 0.3) is 0 Å². The van der Waals surface area contributed by atoms with Crippen LogP contribution in [0, 0.1) is 0 Å². The van der Waals surface area contributed by atoms with Gasteiger partial charge in [0.05, 0.1) is 5.56 Å². The third-order valence-electron chi connectivity index (χ3n) is 2.63. The van der Waals surface area contributed by atoms with Crippen molar-refractivity contribution in [2.24, 2.45) is 0 Å². The molecule has 0 spiro atoms. The number of esters is 1. The number of hydrogen-bond acceptors (Lipinski definition) is 4. The van der Waals surface area contributed by atoms with Crippen molar-refractivity contribution in [2.75, 3.05) is 5.73 Å². The number of ketones is 1. The molecule has 4 heteroatoms. The average Bonchev–Trinajstić information content (AvgIpc) is 2.39. The molecule has 0 radical (unpaired) electrons. The highest BCUT2D eigenvalue weighted by Gasteiger charge is 2.19. The molecular formula is C15H13NO3. The fraction of sp³-hybridized carbons (Fsp3) is 0.0667.